The van der Waals surface area contributed by atoms with E-state index in [4.69, 9.17) is 11.6 Å². The van der Waals surface area contributed by atoms with Gasteiger partial charge in [-0.1, -0.05) is 30.7 Å². The minimum atomic E-state index is 0. The van der Waals surface area contributed by atoms with E-state index in [9.17, 15) is 0 Å². The third-order valence-corrected chi connectivity index (χ3v) is 4.81. The highest BCUT2D eigenvalue weighted by atomic mass is 127. The molecule has 0 aromatic heterocycles. The number of benzene rings is 1. The van der Waals surface area contributed by atoms with Gasteiger partial charge in [-0.15, -0.1) is 24.0 Å². The summed E-state index contributed by atoms with van der Waals surface area (Å²) in [5, 5.41) is 7.53. The number of nitrogens with one attached hydrogen (secondary N) is 2. The van der Waals surface area contributed by atoms with Gasteiger partial charge in [0, 0.05) is 25.2 Å². The second-order valence-electron chi connectivity index (χ2n) is 6.15. The Bertz CT molecular complexity index is 502. The van der Waals surface area contributed by atoms with E-state index in [0.29, 0.717) is 0 Å². The van der Waals surface area contributed by atoms with Crippen molar-refractivity contribution >= 4 is 41.5 Å². The van der Waals surface area contributed by atoms with Gasteiger partial charge in [-0.05, 0) is 62.5 Å². The van der Waals surface area contributed by atoms with Crippen molar-refractivity contribution in [3.8, 4) is 0 Å². The van der Waals surface area contributed by atoms with Crippen LogP contribution in [0, 0.1) is 5.92 Å². The fourth-order valence-electron chi connectivity index (χ4n) is 3.04. The lowest BCUT2D eigenvalue weighted by Crippen LogP contribution is -2.39. The lowest BCUT2D eigenvalue weighted by molar-refractivity contribution is 0.187. The second-order valence-corrected chi connectivity index (χ2v) is 6.59. The van der Waals surface area contributed by atoms with E-state index in [0.717, 1.165) is 35.6 Å². The number of rotatable bonds is 6. The van der Waals surface area contributed by atoms with Gasteiger partial charge in [0.1, 0.15) is 0 Å². The molecule has 2 N–H and O–H groups in total. The molecule has 0 spiro atoms. The Morgan fingerprint density at radius 2 is 2.04 bits per heavy atom. The molecule has 136 valence electrons. The molecule has 1 aliphatic rings. The quantitative estimate of drug-likeness (QED) is 0.383. The van der Waals surface area contributed by atoms with Crippen molar-refractivity contribution in [3.05, 3.63) is 34.9 Å². The molecule has 0 amide bonds. The maximum Gasteiger partial charge on any atom is 0.191 e. The molecule has 0 aliphatic carbocycles. The number of halogens is 2. The van der Waals surface area contributed by atoms with Crippen molar-refractivity contribution in [2.75, 3.05) is 33.2 Å². The van der Waals surface area contributed by atoms with Gasteiger partial charge in [-0.3, -0.25) is 4.99 Å². The standard InChI is InChI=1S/C18H29ClN4.HI/c1-3-23-11-8-15(9-12-23)7-10-21-18(20-2)22-14-16-5-4-6-17(19)13-16;/h4-6,13,15H,3,7-12,14H2,1-2H3,(H2,20,21,22);1H. The zero-order chi connectivity index (χ0) is 16.5. The topological polar surface area (TPSA) is 39.7 Å². The third kappa shape index (κ3) is 7.57. The highest BCUT2D eigenvalue weighted by Crippen LogP contribution is 2.19. The highest BCUT2D eigenvalue weighted by Gasteiger charge is 2.17. The first kappa shape index (κ1) is 21.5. The summed E-state index contributed by atoms with van der Waals surface area (Å²) in [6.07, 6.45) is 3.86. The van der Waals surface area contributed by atoms with Crippen molar-refractivity contribution < 1.29 is 0 Å². The molecule has 0 radical (unpaired) electrons. The summed E-state index contributed by atoms with van der Waals surface area (Å²) in [6.45, 7) is 7.65. The summed E-state index contributed by atoms with van der Waals surface area (Å²) in [6, 6.07) is 7.90. The molecule has 1 aromatic rings. The summed E-state index contributed by atoms with van der Waals surface area (Å²) in [7, 11) is 1.81. The maximum absolute atomic E-state index is 6.01. The van der Waals surface area contributed by atoms with Crippen molar-refractivity contribution in [1.82, 2.24) is 15.5 Å². The fourth-order valence-corrected chi connectivity index (χ4v) is 3.25. The average molecular weight is 465 g/mol. The predicted octanol–water partition coefficient (Wildman–Crippen LogP) is 3.75. The summed E-state index contributed by atoms with van der Waals surface area (Å²) < 4.78 is 0. The van der Waals surface area contributed by atoms with Gasteiger partial charge in [-0.2, -0.15) is 0 Å². The van der Waals surface area contributed by atoms with Crippen LogP contribution < -0.4 is 10.6 Å². The molecule has 24 heavy (non-hydrogen) atoms. The van der Waals surface area contributed by atoms with Crippen LogP contribution in [0.5, 0.6) is 0 Å². The number of hydrogen-bond acceptors (Lipinski definition) is 2. The largest absolute Gasteiger partial charge is 0.356 e. The van der Waals surface area contributed by atoms with E-state index in [1.54, 1.807) is 0 Å². The Morgan fingerprint density at radius 1 is 1.29 bits per heavy atom. The predicted molar refractivity (Wildman–Crippen MR) is 115 cm³/mol. The van der Waals surface area contributed by atoms with Gasteiger partial charge in [0.2, 0.25) is 0 Å². The number of nitrogens with zero attached hydrogens (tertiary/aromatic N) is 2. The molecule has 1 heterocycles. The van der Waals surface area contributed by atoms with E-state index in [1.807, 2.05) is 25.2 Å². The Morgan fingerprint density at radius 3 is 2.67 bits per heavy atom. The SMILES string of the molecule is CCN1CCC(CCNC(=NC)NCc2cccc(Cl)c2)CC1.I. The zero-order valence-corrected chi connectivity index (χ0v) is 17.8. The first-order chi connectivity index (χ1) is 11.2. The number of piperidine rings is 1. The average Bonchev–Trinajstić information content (AvgIpc) is 2.58. The minimum absolute atomic E-state index is 0. The Hall–Kier alpha value is -0.530. The molecule has 0 bridgehead atoms. The molecular weight excluding hydrogens is 435 g/mol. The molecule has 2 rings (SSSR count). The van der Waals surface area contributed by atoms with Gasteiger partial charge >= 0.3 is 0 Å². The Balaban J connectivity index is 0.00000288. The number of hydrogen-bond donors (Lipinski definition) is 2. The van der Waals surface area contributed by atoms with Crippen molar-refractivity contribution in [2.45, 2.75) is 32.7 Å². The first-order valence-corrected chi connectivity index (χ1v) is 9.00. The van der Waals surface area contributed by atoms with E-state index < -0.39 is 0 Å². The number of aliphatic imine (C=N–C) groups is 1. The van der Waals surface area contributed by atoms with Crippen LogP contribution in [-0.4, -0.2) is 44.1 Å². The van der Waals surface area contributed by atoms with Crippen LogP contribution in [0.2, 0.25) is 5.02 Å². The molecule has 4 nitrogen and oxygen atoms in total. The number of likely N-dealkylation sites (tertiary alicyclic amines) is 1. The molecule has 0 unspecified atom stereocenters. The lowest BCUT2D eigenvalue weighted by atomic mass is 9.93. The fraction of sp³-hybridized carbons (Fsp3) is 0.611. The molecular formula is C18H30ClIN4. The maximum atomic E-state index is 6.01. The molecule has 1 fully saturated rings. The molecule has 6 heteroatoms. The van der Waals surface area contributed by atoms with Gasteiger partial charge in [0.25, 0.3) is 0 Å². The monoisotopic (exact) mass is 464 g/mol. The first-order valence-electron chi connectivity index (χ1n) is 8.62. The molecule has 0 atom stereocenters. The zero-order valence-electron chi connectivity index (χ0n) is 14.7. The normalized spacial score (nSPS) is 16.5. The van der Waals surface area contributed by atoms with E-state index in [1.165, 1.54) is 38.9 Å². The summed E-state index contributed by atoms with van der Waals surface area (Å²) in [4.78, 5) is 6.82. The highest BCUT2D eigenvalue weighted by molar-refractivity contribution is 14.0. The Kier molecular flexibility index (Phi) is 10.7. The van der Waals surface area contributed by atoms with Crippen LogP contribution >= 0.6 is 35.6 Å². The van der Waals surface area contributed by atoms with Gasteiger partial charge in [0.05, 0.1) is 0 Å². The van der Waals surface area contributed by atoms with Crippen LogP contribution in [-0.2, 0) is 6.54 Å². The minimum Gasteiger partial charge on any atom is -0.356 e. The van der Waals surface area contributed by atoms with Crippen molar-refractivity contribution in [2.24, 2.45) is 10.9 Å². The van der Waals surface area contributed by atoms with Crippen LogP contribution in [0.25, 0.3) is 0 Å². The van der Waals surface area contributed by atoms with Gasteiger partial charge in [0.15, 0.2) is 5.96 Å². The summed E-state index contributed by atoms with van der Waals surface area (Å²) in [5.41, 5.74) is 1.16. The lowest BCUT2D eigenvalue weighted by Gasteiger charge is -2.31. The van der Waals surface area contributed by atoms with E-state index >= 15 is 0 Å². The van der Waals surface area contributed by atoms with Gasteiger partial charge < -0.3 is 15.5 Å². The molecule has 1 aliphatic heterocycles. The smallest absolute Gasteiger partial charge is 0.191 e. The molecule has 1 aromatic carbocycles. The van der Waals surface area contributed by atoms with Crippen LogP contribution in [0.1, 0.15) is 31.7 Å². The third-order valence-electron chi connectivity index (χ3n) is 4.57. The summed E-state index contributed by atoms with van der Waals surface area (Å²) >= 11 is 6.01. The van der Waals surface area contributed by atoms with E-state index in [-0.39, 0.29) is 24.0 Å². The van der Waals surface area contributed by atoms with Crippen LogP contribution in [0.4, 0.5) is 0 Å². The van der Waals surface area contributed by atoms with E-state index in [2.05, 4.69) is 33.5 Å². The van der Waals surface area contributed by atoms with Crippen LogP contribution in [0.15, 0.2) is 29.3 Å². The Labute approximate surface area is 168 Å². The van der Waals surface area contributed by atoms with Crippen molar-refractivity contribution in [1.29, 1.82) is 0 Å². The second kappa shape index (κ2) is 11.9. The van der Waals surface area contributed by atoms with Crippen molar-refractivity contribution in [3.63, 3.8) is 0 Å². The summed E-state index contributed by atoms with van der Waals surface area (Å²) in [5.74, 6) is 1.70. The molecule has 0 saturated carbocycles. The molecule has 1 saturated heterocycles. The van der Waals surface area contributed by atoms with Crippen LogP contribution in [0.3, 0.4) is 0 Å². The number of guanidine groups is 1. The van der Waals surface area contributed by atoms with Gasteiger partial charge in [-0.25, -0.2) is 0 Å².